The zero-order chi connectivity index (χ0) is 15.2. The largest absolute Gasteiger partial charge is 0.411 e. The molecule has 0 amide bonds. The molecule has 0 aliphatic rings. The van der Waals surface area contributed by atoms with E-state index in [4.69, 9.17) is 5.26 Å². The number of sulfonamides is 1. The predicted octanol–water partition coefficient (Wildman–Crippen LogP) is 1.42. The van der Waals surface area contributed by atoms with Crippen LogP contribution in [0.25, 0.3) is 0 Å². The number of nitriles is 1. The average Bonchev–Trinajstić information content (AvgIpc) is 2.37. The Labute approximate surface area is 114 Å². The van der Waals surface area contributed by atoms with Crippen LogP contribution >= 0.6 is 0 Å². The number of nitrogens with one attached hydrogen (secondary N) is 1. The van der Waals surface area contributed by atoms with Crippen molar-refractivity contribution in [1.82, 2.24) is 4.72 Å². The van der Waals surface area contributed by atoms with E-state index in [2.05, 4.69) is 9.46 Å². The molecule has 0 aliphatic heterocycles. The number of hydrogen-bond acceptors (Lipinski definition) is 4. The van der Waals surface area contributed by atoms with Gasteiger partial charge in [0.15, 0.2) is 0 Å². The average molecular weight is 308 g/mol. The smallest absolute Gasteiger partial charge is 0.371 e. The minimum atomic E-state index is -4.44. The molecule has 0 fully saturated rings. The van der Waals surface area contributed by atoms with Crippen LogP contribution in [-0.2, 0) is 14.8 Å². The van der Waals surface area contributed by atoms with Crippen LogP contribution in [0, 0.1) is 11.3 Å². The van der Waals surface area contributed by atoms with E-state index in [1.165, 1.54) is 24.3 Å². The third-order valence-electron chi connectivity index (χ3n) is 2.08. The van der Waals surface area contributed by atoms with Crippen molar-refractivity contribution >= 4 is 10.0 Å². The summed E-state index contributed by atoms with van der Waals surface area (Å²) in [6.45, 7) is -2.13. The molecule has 0 saturated carbocycles. The fraction of sp³-hybridized carbons (Fsp3) is 0.364. The van der Waals surface area contributed by atoms with Crippen LogP contribution in [0.1, 0.15) is 5.56 Å². The third-order valence-corrected chi connectivity index (χ3v) is 3.54. The van der Waals surface area contributed by atoms with Gasteiger partial charge in [0.05, 0.1) is 23.1 Å². The van der Waals surface area contributed by atoms with Gasteiger partial charge in [-0.3, -0.25) is 0 Å². The number of alkyl halides is 3. The van der Waals surface area contributed by atoms with Gasteiger partial charge >= 0.3 is 6.18 Å². The summed E-state index contributed by atoms with van der Waals surface area (Å²) in [7, 11) is -3.87. The predicted molar refractivity (Wildman–Crippen MR) is 63.2 cm³/mol. The number of halogens is 3. The van der Waals surface area contributed by atoms with Crippen molar-refractivity contribution in [3.05, 3.63) is 29.8 Å². The van der Waals surface area contributed by atoms with E-state index in [1.54, 1.807) is 6.07 Å². The van der Waals surface area contributed by atoms with E-state index >= 15 is 0 Å². The summed E-state index contributed by atoms with van der Waals surface area (Å²) in [6, 6.07) is 7.07. The van der Waals surface area contributed by atoms with Crippen LogP contribution in [0.15, 0.2) is 29.2 Å². The van der Waals surface area contributed by atoms with E-state index in [0.29, 0.717) is 0 Å². The van der Waals surface area contributed by atoms with Crippen LogP contribution in [-0.4, -0.2) is 34.4 Å². The fourth-order valence-electron chi connectivity index (χ4n) is 1.25. The molecule has 0 unspecified atom stereocenters. The zero-order valence-electron chi connectivity index (χ0n) is 10.1. The Balaban J connectivity index is 2.52. The van der Waals surface area contributed by atoms with Crippen LogP contribution in [0.5, 0.6) is 0 Å². The number of rotatable bonds is 6. The topological polar surface area (TPSA) is 79.2 Å². The van der Waals surface area contributed by atoms with E-state index in [-0.39, 0.29) is 17.0 Å². The summed E-state index contributed by atoms with van der Waals surface area (Å²) in [5.41, 5.74) is 0.168. The molecule has 0 atom stereocenters. The Morgan fingerprint density at radius 2 is 2.05 bits per heavy atom. The molecule has 9 heteroatoms. The second-order valence-electron chi connectivity index (χ2n) is 3.71. The highest BCUT2D eigenvalue weighted by molar-refractivity contribution is 7.89. The molecular formula is C11H11F3N2O3S. The lowest BCUT2D eigenvalue weighted by Gasteiger charge is -2.09. The van der Waals surface area contributed by atoms with Gasteiger partial charge < -0.3 is 4.74 Å². The van der Waals surface area contributed by atoms with Crippen molar-refractivity contribution < 1.29 is 26.3 Å². The first-order valence-corrected chi connectivity index (χ1v) is 6.87. The van der Waals surface area contributed by atoms with E-state index in [0.717, 1.165) is 0 Å². The first kappa shape index (κ1) is 16.4. The maximum atomic E-state index is 11.8. The van der Waals surface area contributed by atoms with E-state index in [9.17, 15) is 21.6 Å². The second kappa shape index (κ2) is 6.69. The van der Waals surface area contributed by atoms with E-state index < -0.39 is 29.4 Å². The quantitative estimate of drug-likeness (QED) is 0.806. The Morgan fingerprint density at radius 3 is 2.65 bits per heavy atom. The van der Waals surface area contributed by atoms with Gasteiger partial charge in [0, 0.05) is 6.54 Å². The molecule has 0 saturated heterocycles. The number of ether oxygens (including phenoxy) is 1. The van der Waals surface area contributed by atoms with Crippen molar-refractivity contribution in [2.75, 3.05) is 19.8 Å². The van der Waals surface area contributed by atoms with Gasteiger partial charge in [0.2, 0.25) is 10.0 Å². The monoisotopic (exact) mass is 308 g/mol. The number of nitrogens with zero attached hydrogens (tertiary/aromatic N) is 1. The van der Waals surface area contributed by atoms with Gasteiger partial charge in [-0.1, -0.05) is 6.07 Å². The molecule has 0 aromatic heterocycles. The van der Waals surface area contributed by atoms with E-state index in [1.807, 2.05) is 0 Å². The van der Waals surface area contributed by atoms with Crippen LogP contribution in [0.3, 0.4) is 0 Å². The molecule has 1 rings (SSSR count). The molecule has 0 spiro atoms. The van der Waals surface area contributed by atoms with Crippen LogP contribution in [0.4, 0.5) is 13.2 Å². The van der Waals surface area contributed by atoms with Crippen molar-refractivity contribution in [3.8, 4) is 6.07 Å². The Bertz CT molecular complexity index is 594. The Morgan fingerprint density at radius 1 is 1.35 bits per heavy atom. The molecule has 20 heavy (non-hydrogen) atoms. The zero-order valence-corrected chi connectivity index (χ0v) is 11.0. The van der Waals surface area contributed by atoms with Gasteiger partial charge in [-0.15, -0.1) is 0 Å². The molecule has 5 nitrogen and oxygen atoms in total. The normalized spacial score (nSPS) is 12.1. The van der Waals surface area contributed by atoms with Gasteiger partial charge in [-0.05, 0) is 18.2 Å². The molecule has 0 radical (unpaired) electrons. The number of benzene rings is 1. The molecule has 0 aliphatic carbocycles. The molecule has 1 aromatic carbocycles. The SMILES string of the molecule is N#Cc1cccc(S(=O)(=O)NCCOCC(F)(F)F)c1. The maximum absolute atomic E-state index is 11.8. The van der Waals surface area contributed by atoms with Crippen molar-refractivity contribution in [2.45, 2.75) is 11.1 Å². The second-order valence-corrected chi connectivity index (χ2v) is 5.47. The summed E-state index contributed by atoms with van der Waals surface area (Å²) in [5, 5.41) is 8.66. The lowest BCUT2D eigenvalue weighted by molar-refractivity contribution is -0.173. The lowest BCUT2D eigenvalue weighted by atomic mass is 10.2. The summed E-state index contributed by atoms with van der Waals surface area (Å²) in [5.74, 6) is 0. The lowest BCUT2D eigenvalue weighted by Crippen LogP contribution is -2.29. The number of hydrogen-bond donors (Lipinski definition) is 1. The molecule has 1 aromatic rings. The van der Waals surface area contributed by atoms with Crippen molar-refractivity contribution in [3.63, 3.8) is 0 Å². The van der Waals surface area contributed by atoms with Gasteiger partial charge in [-0.25, -0.2) is 13.1 Å². The van der Waals surface area contributed by atoms with Gasteiger partial charge in [0.25, 0.3) is 0 Å². The summed E-state index contributed by atoms with van der Waals surface area (Å²) < 4.78 is 65.2. The molecule has 1 N–H and O–H groups in total. The standard InChI is InChI=1S/C11H11F3N2O3S/c12-11(13,14)8-19-5-4-16-20(17,18)10-3-1-2-9(6-10)7-15/h1-3,6,16H,4-5,8H2. The molecule has 0 heterocycles. The fourth-order valence-corrected chi connectivity index (χ4v) is 2.31. The minimum absolute atomic E-state index is 0.132. The van der Waals surface area contributed by atoms with Crippen molar-refractivity contribution in [2.24, 2.45) is 0 Å². The molecule has 0 bridgehead atoms. The van der Waals surface area contributed by atoms with Gasteiger partial charge in [0.1, 0.15) is 6.61 Å². The first-order valence-electron chi connectivity index (χ1n) is 5.39. The summed E-state index contributed by atoms with van der Waals surface area (Å²) >= 11 is 0. The Hall–Kier alpha value is -1.63. The highest BCUT2D eigenvalue weighted by Crippen LogP contribution is 2.14. The maximum Gasteiger partial charge on any atom is 0.411 e. The van der Waals surface area contributed by atoms with Crippen LogP contribution < -0.4 is 4.72 Å². The van der Waals surface area contributed by atoms with Crippen LogP contribution in [0.2, 0.25) is 0 Å². The minimum Gasteiger partial charge on any atom is -0.371 e. The van der Waals surface area contributed by atoms with Crippen molar-refractivity contribution in [1.29, 1.82) is 5.26 Å². The highest BCUT2D eigenvalue weighted by atomic mass is 32.2. The summed E-state index contributed by atoms with van der Waals surface area (Å²) in [6.07, 6.45) is -4.44. The molecular weight excluding hydrogens is 297 g/mol. The molecule has 110 valence electrons. The Kier molecular flexibility index (Phi) is 5.50. The third kappa shape index (κ3) is 5.56. The first-order chi connectivity index (χ1) is 9.24. The highest BCUT2D eigenvalue weighted by Gasteiger charge is 2.27. The van der Waals surface area contributed by atoms with Gasteiger partial charge in [-0.2, -0.15) is 18.4 Å². The summed E-state index contributed by atoms with van der Waals surface area (Å²) in [4.78, 5) is -0.132.